The van der Waals surface area contributed by atoms with Crippen LogP contribution in [0.3, 0.4) is 0 Å². The largest absolute Gasteiger partial charge is 0.391 e. The van der Waals surface area contributed by atoms with Crippen LogP contribution >= 0.6 is 37.9 Å². The molecular weight excluding hydrogens is 204 g/mol. The van der Waals surface area contributed by atoms with Gasteiger partial charge in [-0.25, -0.2) is 4.79 Å². The second kappa shape index (κ2) is 2.91. The van der Waals surface area contributed by atoms with Gasteiger partial charge in [0, 0.05) is 5.25 Å². The minimum Gasteiger partial charge on any atom is -0.391 e. The Hall–Kier alpha value is 0.190. The molecule has 1 aliphatic heterocycles. The molecule has 62 valence electrons. The van der Waals surface area contributed by atoms with E-state index in [1.54, 1.807) is 0 Å². The van der Waals surface area contributed by atoms with Crippen molar-refractivity contribution in [2.75, 3.05) is 0 Å². The predicted molar refractivity (Wildman–Crippen MR) is 49.2 cm³/mol. The van der Waals surface area contributed by atoms with Gasteiger partial charge < -0.3 is 4.74 Å². The minimum atomic E-state index is -1.25. The molecule has 0 aromatic heterocycles. The second-order valence-corrected chi connectivity index (χ2v) is 4.59. The summed E-state index contributed by atoms with van der Waals surface area (Å²) in [5.74, 6) is -1.32. The van der Waals surface area contributed by atoms with Crippen molar-refractivity contribution in [1.82, 2.24) is 0 Å². The van der Waals surface area contributed by atoms with E-state index in [2.05, 4.69) is 42.6 Å². The third kappa shape index (κ3) is 1.68. The van der Waals surface area contributed by atoms with Gasteiger partial charge in [0.2, 0.25) is 0 Å². The Labute approximate surface area is 80.1 Å². The Morgan fingerprint density at radius 1 is 1.45 bits per heavy atom. The fourth-order valence-corrected chi connectivity index (χ4v) is 1.18. The van der Waals surface area contributed by atoms with Crippen LogP contribution in [0.2, 0.25) is 0 Å². The highest BCUT2D eigenvalue weighted by atomic mass is 32.2. The van der Waals surface area contributed by atoms with Gasteiger partial charge in [-0.1, -0.05) is 0 Å². The number of hydrogen-bond acceptors (Lipinski definition) is 6. The van der Waals surface area contributed by atoms with Crippen LogP contribution in [0.4, 0.5) is 0 Å². The van der Waals surface area contributed by atoms with Gasteiger partial charge in [-0.05, 0) is 0 Å². The highest BCUT2D eigenvalue weighted by Crippen LogP contribution is 2.35. The first-order valence-electron chi connectivity index (χ1n) is 2.82. The van der Waals surface area contributed by atoms with E-state index in [9.17, 15) is 9.59 Å². The first-order chi connectivity index (χ1) is 4.94. The summed E-state index contributed by atoms with van der Waals surface area (Å²) in [6, 6.07) is 0. The van der Waals surface area contributed by atoms with Crippen LogP contribution in [0, 0.1) is 0 Å². The van der Waals surface area contributed by atoms with Gasteiger partial charge in [0.15, 0.2) is 4.08 Å². The van der Waals surface area contributed by atoms with E-state index >= 15 is 0 Å². The number of cyclic esters (lactones) is 2. The predicted octanol–water partition coefficient (Wildman–Crippen LogP) is 0.314. The number of ether oxygens (including phenoxy) is 1. The lowest BCUT2D eigenvalue weighted by atomic mass is 10.2. The molecule has 1 fully saturated rings. The van der Waals surface area contributed by atoms with Crippen molar-refractivity contribution in [1.29, 1.82) is 0 Å². The number of carbonyl (C=O) groups is 2. The van der Waals surface area contributed by atoms with Crippen LogP contribution in [-0.2, 0) is 14.3 Å². The number of thiol groups is 3. The molecule has 0 aromatic rings. The average Bonchev–Trinajstić information content (AvgIpc) is 1.84. The highest BCUT2D eigenvalue weighted by Gasteiger charge is 2.45. The minimum absolute atomic E-state index is 0.0574. The van der Waals surface area contributed by atoms with Crippen molar-refractivity contribution in [3.05, 3.63) is 0 Å². The number of esters is 2. The average molecular weight is 210 g/mol. The van der Waals surface area contributed by atoms with Gasteiger partial charge in [-0.2, -0.15) is 12.6 Å². The smallest absolute Gasteiger partial charge is 0.340 e. The van der Waals surface area contributed by atoms with E-state index in [4.69, 9.17) is 0 Å². The zero-order valence-corrected chi connectivity index (χ0v) is 8.03. The number of carbonyl (C=O) groups excluding carboxylic acids is 2. The van der Waals surface area contributed by atoms with Crippen LogP contribution in [-0.4, -0.2) is 21.3 Å². The van der Waals surface area contributed by atoms with Gasteiger partial charge >= 0.3 is 11.9 Å². The Morgan fingerprint density at radius 3 is 2.45 bits per heavy atom. The molecule has 0 spiro atoms. The standard InChI is InChI=1S/C5H6O3S3/c6-3-1-2(9)5(10,11)4(7)8-3/h2,9-11H,1H2. The first-order valence-corrected chi connectivity index (χ1v) is 4.23. The normalized spacial score (nSPS) is 29.9. The summed E-state index contributed by atoms with van der Waals surface area (Å²) >= 11 is 11.8. The van der Waals surface area contributed by atoms with E-state index in [1.807, 2.05) is 0 Å². The molecule has 0 saturated carbocycles. The quantitative estimate of drug-likeness (QED) is 0.233. The van der Waals surface area contributed by atoms with Crippen molar-refractivity contribution in [3.8, 4) is 0 Å². The Kier molecular flexibility index (Phi) is 2.46. The molecular formula is C5H6O3S3. The van der Waals surface area contributed by atoms with E-state index < -0.39 is 21.3 Å². The summed E-state index contributed by atoms with van der Waals surface area (Å²) in [6.07, 6.45) is 0.0574. The molecule has 1 heterocycles. The Morgan fingerprint density at radius 2 is 2.00 bits per heavy atom. The molecule has 3 nitrogen and oxygen atoms in total. The van der Waals surface area contributed by atoms with Gasteiger partial charge in [0.1, 0.15) is 0 Å². The Balaban J connectivity index is 2.84. The monoisotopic (exact) mass is 210 g/mol. The van der Waals surface area contributed by atoms with Crippen LogP contribution in [0.1, 0.15) is 6.42 Å². The zero-order chi connectivity index (χ0) is 8.65. The fraction of sp³-hybridized carbons (Fsp3) is 0.600. The van der Waals surface area contributed by atoms with Crippen molar-refractivity contribution in [2.45, 2.75) is 15.7 Å². The summed E-state index contributed by atoms with van der Waals surface area (Å²) in [6.45, 7) is 0. The van der Waals surface area contributed by atoms with Crippen LogP contribution in [0.15, 0.2) is 0 Å². The topological polar surface area (TPSA) is 43.4 Å². The molecule has 6 heteroatoms. The molecule has 0 amide bonds. The summed E-state index contributed by atoms with van der Waals surface area (Å²) < 4.78 is 3.04. The van der Waals surface area contributed by atoms with Crippen LogP contribution < -0.4 is 0 Å². The third-order valence-electron chi connectivity index (χ3n) is 1.33. The maximum atomic E-state index is 10.9. The number of hydrogen-bond donors (Lipinski definition) is 3. The summed E-state index contributed by atoms with van der Waals surface area (Å²) in [4.78, 5) is 21.5. The van der Waals surface area contributed by atoms with Crippen LogP contribution in [0.5, 0.6) is 0 Å². The molecule has 0 aliphatic carbocycles. The lowest BCUT2D eigenvalue weighted by Gasteiger charge is -2.29. The molecule has 1 unspecified atom stereocenters. The summed E-state index contributed by atoms with van der Waals surface area (Å²) in [7, 11) is 0. The van der Waals surface area contributed by atoms with Gasteiger partial charge in [0.25, 0.3) is 0 Å². The van der Waals surface area contributed by atoms with Crippen LogP contribution in [0.25, 0.3) is 0 Å². The maximum absolute atomic E-state index is 10.9. The van der Waals surface area contributed by atoms with Crippen molar-refractivity contribution in [3.63, 3.8) is 0 Å². The lowest BCUT2D eigenvalue weighted by Crippen LogP contribution is -2.45. The molecule has 1 rings (SSSR count). The second-order valence-electron chi connectivity index (χ2n) is 2.21. The maximum Gasteiger partial charge on any atom is 0.340 e. The van der Waals surface area contributed by atoms with E-state index in [-0.39, 0.29) is 6.42 Å². The molecule has 0 radical (unpaired) electrons. The van der Waals surface area contributed by atoms with Gasteiger partial charge in [-0.15, -0.1) is 25.3 Å². The summed E-state index contributed by atoms with van der Waals surface area (Å²) in [5.41, 5.74) is 0. The molecule has 0 N–H and O–H groups in total. The Bertz CT molecular complexity index is 213. The fourth-order valence-electron chi connectivity index (χ4n) is 0.656. The third-order valence-corrected chi connectivity index (χ3v) is 3.30. The van der Waals surface area contributed by atoms with Crippen molar-refractivity contribution < 1.29 is 14.3 Å². The molecule has 11 heavy (non-hydrogen) atoms. The molecule has 1 saturated heterocycles. The van der Waals surface area contributed by atoms with E-state index in [1.165, 1.54) is 0 Å². The summed E-state index contributed by atoms with van der Waals surface area (Å²) in [5, 5.41) is -0.497. The number of rotatable bonds is 0. The van der Waals surface area contributed by atoms with E-state index in [0.717, 1.165) is 0 Å². The highest BCUT2D eigenvalue weighted by molar-refractivity contribution is 8.03. The zero-order valence-electron chi connectivity index (χ0n) is 5.35. The van der Waals surface area contributed by atoms with Gasteiger partial charge in [0.05, 0.1) is 6.42 Å². The SMILES string of the molecule is O=C1CC(S)C(S)(S)C(=O)O1. The lowest BCUT2D eigenvalue weighted by molar-refractivity contribution is -0.162. The molecule has 0 bridgehead atoms. The van der Waals surface area contributed by atoms with Crippen molar-refractivity contribution >= 4 is 49.8 Å². The molecule has 1 atom stereocenters. The van der Waals surface area contributed by atoms with E-state index in [0.29, 0.717) is 0 Å². The first kappa shape index (κ1) is 9.28. The van der Waals surface area contributed by atoms with Gasteiger partial charge in [-0.3, -0.25) is 4.79 Å². The van der Waals surface area contributed by atoms with Crippen molar-refractivity contribution in [2.24, 2.45) is 0 Å². The molecule has 0 aromatic carbocycles. The molecule has 1 aliphatic rings.